The van der Waals surface area contributed by atoms with Crippen LogP contribution in [0, 0.1) is 0 Å². The fourth-order valence-electron chi connectivity index (χ4n) is 3.77. The number of carbonyl (C=O) groups excluding carboxylic acids is 1. The van der Waals surface area contributed by atoms with Gasteiger partial charge in [0.2, 0.25) is 0 Å². The van der Waals surface area contributed by atoms with Crippen molar-refractivity contribution in [3.05, 3.63) is 35.4 Å². The van der Waals surface area contributed by atoms with Gasteiger partial charge in [-0.05, 0) is 68.9 Å². The summed E-state index contributed by atoms with van der Waals surface area (Å²) >= 11 is 0. The lowest BCUT2D eigenvalue weighted by Crippen LogP contribution is -2.39. The monoisotopic (exact) mass is 371 g/mol. The summed E-state index contributed by atoms with van der Waals surface area (Å²) in [6, 6.07) is 6.92. The van der Waals surface area contributed by atoms with Crippen molar-refractivity contribution in [2.45, 2.75) is 71.1 Å². The van der Waals surface area contributed by atoms with Gasteiger partial charge >= 0.3 is 6.09 Å². The molecule has 1 saturated carbocycles. The molecule has 0 aromatic heterocycles. The molecule has 0 saturated heterocycles. The van der Waals surface area contributed by atoms with E-state index in [-0.39, 0.29) is 6.09 Å². The molecule has 1 amide bonds. The molecule has 1 fully saturated rings. The van der Waals surface area contributed by atoms with Crippen molar-refractivity contribution in [3.8, 4) is 0 Å². The number of carbonyl (C=O) groups is 1. The first kappa shape index (κ1) is 19.7. The van der Waals surface area contributed by atoms with Crippen molar-refractivity contribution >= 4 is 17.4 Å². The number of nitrogens with two attached hydrogens (primary N) is 1. The van der Waals surface area contributed by atoms with Crippen molar-refractivity contribution in [1.82, 2.24) is 10.2 Å². The van der Waals surface area contributed by atoms with Crippen LogP contribution in [0.3, 0.4) is 0 Å². The summed E-state index contributed by atoms with van der Waals surface area (Å²) in [6.07, 6.45) is 7.92. The number of anilines is 1. The molecule has 148 valence electrons. The van der Waals surface area contributed by atoms with Crippen molar-refractivity contribution in [1.29, 1.82) is 0 Å². The number of hydrogen-bond acceptors (Lipinski definition) is 4. The first-order valence-corrected chi connectivity index (χ1v) is 10.1. The van der Waals surface area contributed by atoms with E-state index >= 15 is 0 Å². The lowest BCUT2D eigenvalue weighted by Gasteiger charge is -2.29. The number of amides is 1. The summed E-state index contributed by atoms with van der Waals surface area (Å²) in [5.41, 5.74) is 10.2. The highest BCUT2D eigenvalue weighted by atomic mass is 16.6. The van der Waals surface area contributed by atoms with Crippen molar-refractivity contribution in [2.75, 3.05) is 18.8 Å². The zero-order valence-electron chi connectivity index (χ0n) is 16.9. The van der Waals surface area contributed by atoms with Crippen LogP contribution < -0.4 is 11.1 Å². The lowest BCUT2D eigenvalue weighted by atomic mass is 9.97. The Morgan fingerprint density at radius 1 is 1.30 bits per heavy atom. The maximum absolute atomic E-state index is 12.2. The van der Waals surface area contributed by atoms with Crippen molar-refractivity contribution in [2.24, 2.45) is 0 Å². The Labute approximate surface area is 162 Å². The minimum atomic E-state index is -0.459. The molecule has 2 aliphatic rings. The maximum Gasteiger partial charge on any atom is 0.410 e. The molecule has 0 unspecified atom stereocenters. The molecule has 0 radical (unpaired) electrons. The molecule has 5 nitrogen and oxygen atoms in total. The van der Waals surface area contributed by atoms with Crippen LogP contribution in [0.1, 0.15) is 64.0 Å². The molecule has 27 heavy (non-hydrogen) atoms. The van der Waals surface area contributed by atoms with Gasteiger partial charge in [-0.1, -0.05) is 25.0 Å². The predicted molar refractivity (Wildman–Crippen MR) is 110 cm³/mol. The smallest absolute Gasteiger partial charge is 0.410 e. The topological polar surface area (TPSA) is 67.6 Å². The second-order valence-corrected chi connectivity index (χ2v) is 8.68. The summed E-state index contributed by atoms with van der Waals surface area (Å²) in [6.45, 7) is 7.77. The normalized spacial score (nSPS) is 18.5. The molecule has 1 aliphatic carbocycles. The number of benzene rings is 1. The van der Waals surface area contributed by atoms with Gasteiger partial charge in [0.1, 0.15) is 5.60 Å². The summed E-state index contributed by atoms with van der Waals surface area (Å²) in [5, 5.41) is 3.64. The van der Waals surface area contributed by atoms with Crippen LogP contribution in [0.4, 0.5) is 10.5 Å². The summed E-state index contributed by atoms with van der Waals surface area (Å²) in [4.78, 5) is 14.0. The Hall–Kier alpha value is -2.01. The van der Waals surface area contributed by atoms with Gasteiger partial charge in [0.15, 0.2) is 0 Å². The Balaban J connectivity index is 1.62. The number of hydrogen-bond donors (Lipinski definition) is 2. The van der Waals surface area contributed by atoms with Crippen LogP contribution in [-0.2, 0) is 11.3 Å². The van der Waals surface area contributed by atoms with E-state index in [4.69, 9.17) is 10.5 Å². The average Bonchev–Trinajstić information content (AvgIpc) is 3.13. The summed E-state index contributed by atoms with van der Waals surface area (Å²) in [5.74, 6) is 0. The molecule has 1 aromatic carbocycles. The molecule has 1 aromatic rings. The van der Waals surface area contributed by atoms with Gasteiger partial charge in [0.05, 0.1) is 0 Å². The fourth-order valence-corrected chi connectivity index (χ4v) is 3.77. The van der Waals surface area contributed by atoms with Gasteiger partial charge in [0.25, 0.3) is 0 Å². The molecule has 3 N–H and O–H groups in total. The number of ether oxygens (including phenoxy) is 1. The largest absolute Gasteiger partial charge is 0.444 e. The molecule has 3 rings (SSSR count). The SMILES string of the molecule is CC(C)(C)OC(=O)N1CC=C(c2ccc(N)c(CNC3CCCC3)c2)CC1. The van der Waals surface area contributed by atoms with E-state index in [2.05, 4.69) is 23.5 Å². The Kier molecular flexibility index (Phi) is 6.10. The van der Waals surface area contributed by atoms with Gasteiger partial charge in [0, 0.05) is 31.4 Å². The number of nitrogens with one attached hydrogen (secondary N) is 1. The number of nitrogens with zero attached hydrogens (tertiary/aromatic N) is 1. The van der Waals surface area contributed by atoms with Crippen molar-refractivity contribution in [3.63, 3.8) is 0 Å². The molecule has 5 heteroatoms. The van der Waals surface area contributed by atoms with Gasteiger partial charge in [-0.3, -0.25) is 0 Å². The third-order valence-corrected chi connectivity index (χ3v) is 5.31. The van der Waals surface area contributed by atoms with E-state index in [9.17, 15) is 4.79 Å². The maximum atomic E-state index is 12.2. The average molecular weight is 372 g/mol. The number of rotatable bonds is 4. The van der Waals surface area contributed by atoms with E-state index < -0.39 is 5.60 Å². The second kappa shape index (κ2) is 8.34. The third kappa shape index (κ3) is 5.48. The molecular weight excluding hydrogens is 338 g/mol. The predicted octanol–water partition coefficient (Wildman–Crippen LogP) is 4.33. The summed E-state index contributed by atoms with van der Waals surface area (Å²) < 4.78 is 5.47. The minimum Gasteiger partial charge on any atom is -0.444 e. The van der Waals surface area contributed by atoms with E-state index in [1.165, 1.54) is 36.8 Å². The Morgan fingerprint density at radius 3 is 2.67 bits per heavy atom. The second-order valence-electron chi connectivity index (χ2n) is 8.68. The van der Waals surface area contributed by atoms with Crippen LogP contribution >= 0.6 is 0 Å². The first-order chi connectivity index (χ1) is 12.8. The molecule has 0 bridgehead atoms. The molecule has 1 aliphatic heterocycles. The van der Waals surface area contributed by atoms with Gasteiger partial charge in [-0.15, -0.1) is 0 Å². The Morgan fingerprint density at radius 2 is 2.04 bits per heavy atom. The van der Waals surface area contributed by atoms with Crippen LogP contribution in [0.2, 0.25) is 0 Å². The zero-order valence-corrected chi connectivity index (χ0v) is 16.9. The zero-order chi connectivity index (χ0) is 19.4. The van der Waals surface area contributed by atoms with Gasteiger partial charge in [-0.2, -0.15) is 0 Å². The van der Waals surface area contributed by atoms with Crippen LogP contribution in [0.5, 0.6) is 0 Å². The van der Waals surface area contributed by atoms with Crippen molar-refractivity contribution < 1.29 is 9.53 Å². The standard InChI is InChI=1S/C22H33N3O2/c1-22(2,3)27-21(26)25-12-10-16(11-13-25)17-8-9-20(23)18(14-17)15-24-19-6-4-5-7-19/h8-10,14,19,24H,4-7,11-13,15,23H2,1-3H3. The first-order valence-electron chi connectivity index (χ1n) is 10.1. The molecule has 1 heterocycles. The van der Waals surface area contributed by atoms with Crippen LogP contribution in [-0.4, -0.2) is 35.7 Å². The van der Waals surface area contributed by atoms with Gasteiger partial charge in [-0.25, -0.2) is 4.79 Å². The number of nitrogen functional groups attached to an aromatic ring is 1. The van der Waals surface area contributed by atoms with E-state index in [0.717, 1.165) is 24.2 Å². The van der Waals surface area contributed by atoms with E-state index in [1.54, 1.807) is 4.90 Å². The fraction of sp³-hybridized carbons (Fsp3) is 0.591. The molecule has 0 spiro atoms. The molecular formula is C22H33N3O2. The summed E-state index contributed by atoms with van der Waals surface area (Å²) in [7, 11) is 0. The van der Waals surface area contributed by atoms with E-state index in [1.807, 2.05) is 26.8 Å². The van der Waals surface area contributed by atoms with Crippen LogP contribution in [0.25, 0.3) is 5.57 Å². The highest BCUT2D eigenvalue weighted by molar-refractivity contribution is 5.73. The highest BCUT2D eigenvalue weighted by Gasteiger charge is 2.24. The highest BCUT2D eigenvalue weighted by Crippen LogP contribution is 2.27. The van der Waals surface area contributed by atoms with Gasteiger partial charge < -0.3 is 20.7 Å². The van der Waals surface area contributed by atoms with Crippen LogP contribution in [0.15, 0.2) is 24.3 Å². The molecule has 0 atom stereocenters. The lowest BCUT2D eigenvalue weighted by molar-refractivity contribution is 0.0270. The minimum absolute atomic E-state index is 0.239. The van der Waals surface area contributed by atoms with E-state index in [0.29, 0.717) is 19.1 Å². The third-order valence-electron chi connectivity index (χ3n) is 5.31. The Bertz CT molecular complexity index is 700. The quantitative estimate of drug-likeness (QED) is 0.773.